The third kappa shape index (κ3) is 4.43. The minimum Gasteiger partial charge on any atom is -0.466 e. The molecule has 4 aliphatic rings. The molecule has 2 aliphatic heterocycles. The van der Waals surface area contributed by atoms with Crippen LogP contribution in [0, 0.1) is 11.8 Å². The van der Waals surface area contributed by atoms with Gasteiger partial charge in [0.2, 0.25) is 0 Å². The van der Waals surface area contributed by atoms with Gasteiger partial charge in [-0.3, -0.25) is 14.5 Å². The number of fused-ring (bicyclic) bond motifs is 5. The minimum atomic E-state index is -0.382. The second kappa shape index (κ2) is 9.68. The normalized spacial score (nSPS) is 32.9. The number of rotatable bonds is 5. The molecule has 4 fully saturated rings. The van der Waals surface area contributed by atoms with Crippen LogP contribution in [-0.2, 0) is 16.0 Å². The number of aromatic nitrogens is 2. The zero-order chi connectivity index (χ0) is 23.9. The maximum atomic E-state index is 13.7. The first-order valence-corrected chi connectivity index (χ1v) is 14.0. The minimum absolute atomic E-state index is 0.0614. The smallest absolute Gasteiger partial charge is 0.312 e. The van der Waals surface area contributed by atoms with Crippen LogP contribution in [0.3, 0.4) is 0 Å². The molecule has 6 heteroatoms. The van der Waals surface area contributed by atoms with Gasteiger partial charge in [0.15, 0.2) is 0 Å². The molecule has 0 N–H and O–H groups in total. The molecule has 2 unspecified atom stereocenters. The summed E-state index contributed by atoms with van der Waals surface area (Å²) in [7, 11) is 0. The van der Waals surface area contributed by atoms with Gasteiger partial charge in [0.1, 0.15) is 5.69 Å². The number of nitrogens with zero attached hydrogens (tertiary/aromatic N) is 3. The van der Waals surface area contributed by atoms with Gasteiger partial charge in [0.05, 0.1) is 24.1 Å². The Labute approximate surface area is 208 Å². The fourth-order valence-corrected chi connectivity index (χ4v) is 8.13. The summed E-state index contributed by atoms with van der Waals surface area (Å²) in [6, 6.07) is 9.93. The van der Waals surface area contributed by atoms with E-state index in [9.17, 15) is 9.59 Å². The summed E-state index contributed by atoms with van der Waals surface area (Å²) in [6.07, 6.45) is 14.4. The first kappa shape index (κ1) is 23.2. The summed E-state index contributed by atoms with van der Waals surface area (Å²) < 4.78 is 7.12. The van der Waals surface area contributed by atoms with Gasteiger partial charge >= 0.3 is 5.97 Å². The van der Waals surface area contributed by atoms with Gasteiger partial charge in [0, 0.05) is 24.2 Å². The molecule has 35 heavy (non-hydrogen) atoms. The van der Waals surface area contributed by atoms with Crippen LogP contribution in [0.2, 0.25) is 0 Å². The molecule has 5 atom stereocenters. The molecule has 1 aromatic carbocycles. The van der Waals surface area contributed by atoms with Gasteiger partial charge in [0.25, 0.3) is 5.56 Å². The van der Waals surface area contributed by atoms with Gasteiger partial charge in [-0.05, 0) is 75.8 Å². The molecular formula is C29H39N3O3. The predicted octanol–water partition coefficient (Wildman–Crippen LogP) is 5.03. The second-order valence-electron chi connectivity index (χ2n) is 11.5. The number of carbonyl (C=O) groups excluding carboxylic acids is 1. The van der Waals surface area contributed by atoms with Crippen molar-refractivity contribution >= 4 is 17.0 Å². The quantitative estimate of drug-likeness (QED) is 0.565. The molecule has 3 heterocycles. The van der Waals surface area contributed by atoms with Crippen molar-refractivity contribution < 1.29 is 9.53 Å². The number of hydrogen-bond donors (Lipinski definition) is 0. The van der Waals surface area contributed by atoms with E-state index in [4.69, 9.17) is 4.74 Å². The summed E-state index contributed by atoms with van der Waals surface area (Å²) in [6.45, 7) is 2.10. The third-order valence-corrected chi connectivity index (χ3v) is 9.38. The molecule has 6 nitrogen and oxygen atoms in total. The Morgan fingerprint density at radius 3 is 2.29 bits per heavy atom. The standard InChI is InChI=1S/C29H39N3O3/c1-2-35-28(33)18-26-29(34)32(27-10-6-5-9-25(27)30-26)24-16-21-11-12-22(17-24)31(21)23-14-19-7-3-4-8-20(13-19)15-23/h5-6,9-10,19-24H,2-4,7-8,11-18H2,1H3/t19-,20?,21+,22+,23?/m0/s1. The van der Waals surface area contributed by atoms with E-state index >= 15 is 0 Å². The van der Waals surface area contributed by atoms with Gasteiger partial charge in [-0.25, -0.2) is 4.98 Å². The fraction of sp³-hybridized carbons (Fsp3) is 0.690. The number of esters is 1. The Balaban J connectivity index is 1.29. The monoisotopic (exact) mass is 477 g/mol. The first-order valence-electron chi connectivity index (χ1n) is 14.0. The van der Waals surface area contributed by atoms with E-state index in [1.165, 1.54) is 57.8 Å². The molecule has 4 bridgehead atoms. The molecule has 2 saturated heterocycles. The predicted molar refractivity (Wildman–Crippen MR) is 136 cm³/mol. The highest BCUT2D eigenvalue weighted by Crippen LogP contribution is 2.47. The van der Waals surface area contributed by atoms with E-state index in [1.807, 2.05) is 28.8 Å². The number of ether oxygens (including phenoxy) is 1. The van der Waals surface area contributed by atoms with Crippen molar-refractivity contribution in [3.05, 3.63) is 40.3 Å². The largest absolute Gasteiger partial charge is 0.466 e. The number of carbonyl (C=O) groups is 1. The molecule has 0 radical (unpaired) electrons. The molecular weight excluding hydrogens is 438 g/mol. The molecule has 6 rings (SSSR count). The van der Waals surface area contributed by atoms with Crippen LogP contribution in [0.15, 0.2) is 29.1 Å². The van der Waals surface area contributed by atoms with E-state index in [1.54, 1.807) is 6.92 Å². The molecule has 2 saturated carbocycles. The van der Waals surface area contributed by atoms with Crippen LogP contribution in [0.25, 0.3) is 11.0 Å². The van der Waals surface area contributed by atoms with Crippen molar-refractivity contribution in [2.75, 3.05) is 6.61 Å². The van der Waals surface area contributed by atoms with Gasteiger partial charge in [-0.1, -0.05) is 37.8 Å². The maximum Gasteiger partial charge on any atom is 0.312 e. The molecule has 1 aromatic heterocycles. The summed E-state index contributed by atoms with van der Waals surface area (Å²) in [5.74, 6) is 1.47. The SMILES string of the molecule is CCOC(=O)Cc1nc2ccccc2n(C2C[C@H]3CC[C@H](C2)N3C2CC3CCCC[C@@H](C3)C2)c1=O. The van der Waals surface area contributed by atoms with Crippen LogP contribution in [0.5, 0.6) is 0 Å². The topological polar surface area (TPSA) is 64.4 Å². The molecule has 2 aliphatic carbocycles. The maximum absolute atomic E-state index is 13.7. The summed E-state index contributed by atoms with van der Waals surface area (Å²) in [5.41, 5.74) is 1.88. The van der Waals surface area contributed by atoms with Crippen molar-refractivity contribution in [2.45, 2.75) is 108 Å². The summed E-state index contributed by atoms with van der Waals surface area (Å²) in [4.78, 5) is 33.4. The molecule has 188 valence electrons. The van der Waals surface area contributed by atoms with E-state index in [0.717, 1.165) is 41.8 Å². The number of benzene rings is 1. The Morgan fingerprint density at radius 2 is 1.60 bits per heavy atom. The lowest BCUT2D eigenvalue weighted by atomic mass is 9.76. The van der Waals surface area contributed by atoms with E-state index in [2.05, 4.69) is 9.88 Å². The summed E-state index contributed by atoms with van der Waals surface area (Å²) >= 11 is 0. The first-order chi connectivity index (χ1) is 17.1. The number of para-hydroxylation sites is 2. The second-order valence-corrected chi connectivity index (χ2v) is 11.5. The van der Waals surface area contributed by atoms with Crippen molar-refractivity contribution in [3.63, 3.8) is 0 Å². The third-order valence-electron chi connectivity index (χ3n) is 9.38. The number of hydrogen-bond acceptors (Lipinski definition) is 5. The molecule has 2 aromatic rings. The van der Waals surface area contributed by atoms with Crippen LogP contribution >= 0.6 is 0 Å². The summed E-state index contributed by atoms with van der Waals surface area (Å²) in [5, 5.41) is 0. The average Bonchev–Trinajstić information content (AvgIpc) is 3.00. The van der Waals surface area contributed by atoms with Crippen LogP contribution in [-0.4, -0.2) is 45.2 Å². The van der Waals surface area contributed by atoms with Crippen LogP contribution in [0.4, 0.5) is 0 Å². The molecule has 0 amide bonds. The Hall–Kier alpha value is -2.21. The Kier molecular flexibility index (Phi) is 6.42. The highest BCUT2D eigenvalue weighted by Gasteiger charge is 2.46. The Bertz CT molecular complexity index is 1120. The van der Waals surface area contributed by atoms with Crippen molar-refractivity contribution in [1.29, 1.82) is 0 Å². The van der Waals surface area contributed by atoms with Gasteiger partial charge < -0.3 is 9.30 Å². The van der Waals surface area contributed by atoms with Gasteiger partial charge in [-0.2, -0.15) is 0 Å². The highest BCUT2D eigenvalue weighted by molar-refractivity contribution is 5.77. The molecule has 0 spiro atoms. The van der Waals surface area contributed by atoms with Gasteiger partial charge in [-0.15, -0.1) is 0 Å². The van der Waals surface area contributed by atoms with Crippen LogP contribution < -0.4 is 5.56 Å². The van der Waals surface area contributed by atoms with E-state index in [0.29, 0.717) is 24.4 Å². The van der Waals surface area contributed by atoms with E-state index in [-0.39, 0.29) is 24.0 Å². The average molecular weight is 478 g/mol. The fourth-order valence-electron chi connectivity index (χ4n) is 8.13. The number of piperidine rings is 1. The van der Waals surface area contributed by atoms with Crippen molar-refractivity contribution in [1.82, 2.24) is 14.5 Å². The Morgan fingerprint density at radius 1 is 0.914 bits per heavy atom. The van der Waals surface area contributed by atoms with Crippen molar-refractivity contribution in [3.8, 4) is 0 Å². The van der Waals surface area contributed by atoms with Crippen LogP contribution in [0.1, 0.15) is 89.3 Å². The zero-order valence-electron chi connectivity index (χ0n) is 21.0. The lowest BCUT2D eigenvalue weighted by Gasteiger charge is -2.48. The van der Waals surface area contributed by atoms with E-state index < -0.39 is 0 Å². The lowest BCUT2D eigenvalue weighted by Crippen LogP contribution is -2.52. The highest BCUT2D eigenvalue weighted by atomic mass is 16.5. The lowest BCUT2D eigenvalue weighted by molar-refractivity contribution is -0.142. The van der Waals surface area contributed by atoms with Crippen molar-refractivity contribution in [2.24, 2.45) is 11.8 Å². The zero-order valence-corrected chi connectivity index (χ0v) is 21.0.